The molecule has 0 aromatic heterocycles. The van der Waals surface area contributed by atoms with Crippen LogP contribution in [0.2, 0.25) is 0 Å². The number of hydrogen-bond acceptors (Lipinski definition) is 12. The molecule has 8 N–H and O–H groups in total. The summed E-state index contributed by atoms with van der Waals surface area (Å²) in [6, 6.07) is 15.6. The average Bonchev–Trinajstić information content (AvgIpc) is 3.58. The van der Waals surface area contributed by atoms with E-state index in [-0.39, 0.29) is 116 Å². The van der Waals surface area contributed by atoms with Gasteiger partial charge in [-0.2, -0.15) is 0 Å². The first kappa shape index (κ1) is 56.6. The molecule has 0 amide bonds. The van der Waals surface area contributed by atoms with E-state index in [0.29, 0.717) is 35.9 Å². The number of rotatable bonds is 18. The van der Waals surface area contributed by atoms with Gasteiger partial charge >= 0.3 is 0 Å². The van der Waals surface area contributed by atoms with Crippen LogP contribution in [0, 0.1) is 20.8 Å². The summed E-state index contributed by atoms with van der Waals surface area (Å²) in [5, 5.41) is 76.6. The van der Waals surface area contributed by atoms with Gasteiger partial charge in [0, 0.05) is 82.2 Å². The Morgan fingerprint density at radius 3 is 1.65 bits per heavy atom. The third kappa shape index (κ3) is 17.4. The fourth-order valence-electron chi connectivity index (χ4n) is 6.16. The third-order valence-electron chi connectivity index (χ3n) is 9.33. The molecular formula is C38H64O12S2Y2. The molecule has 12 atom stereocenters. The van der Waals surface area contributed by atoms with Gasteiger partial charge in [0.2, 0.25) is 0 Å². The number of ether oxygens (including phenoxy) is 4. The smallest absolute Gasteiger partial charge is 0.169 e. The number of aliphatic hydroxyl groups excluding tert-OH is 8. The van der Waals surface area contributed by atoms with Gasteiger partial charge in [-0.05, 0) is 52.7 Å². The second kappa shape index (κ2) is 29.7. The summed E-state index contributed by atoms with van der Waals surface area (Å²) in [6.07, 6.45) is -4.69. The van der Waals surface area contributed by atoms with Gasteiger partial charge in [0.25, 0.3) is 0 Å². The zero-order chi connectivity index (χ0) is 36.8. The molecular weight excluding hydrogens is 890 g/mol. The molecule has 2 aromatic carbocycles. The minimum Gasteiger partial charge on any atom is -0.497 e. The van der Waals surface area contributed by atoms with Crippen molar-refractivity contribution in [3.8, 4) is 11.5 Å². The van der Waals surface area contributed by atoms with Gasteiger partial charge in [0.05, 0.1) is 47.3 Å². The van der Waals surface area contributed by atoms with Crippen LogP contribution in [0.15, 0.2) is 48.5 Å². The molecule has 0 aliphatic carbocycles. The molecule has 2 aromatic rings. The fourth-order valence-corrected chi connectivity index (χ4v) is 12.2. The summed E-state index contributed by atoms with van der Waals surface area (Å²) >= 11 is 0. The quantitative estimate of drug-likeness (QED) is 0.0778. The Balaban J connectivity index is 0. The zero-order valence-corrected chi connectivity index (χ0v) is 40.0. The predicted octanol–water partition coefficient (Wildman–Crippen LogP) is 0.885. The van der Waals surface area contributed by atoms with E-state index in [1.54, 1.807) is 14.2 Å². The van der Waals surface area contributed by atoms with Crippen LogP contribution >= 0.6 is 0 Å². The molecule has 2 heterocycles. The Hall–Kier alpha value is 0.548. The molecule has 54 heavy (non-hydrogen) atoms. The van der Waals surface area contributed by atoms with Crippen molar-refractivity contribution in [2.24, 2.45) is 5.92 Å². The van der Waals surface area contributed by atoms with Crippen LogP contribution in [0.25, 0.3) is 0 Å². The first-order valence-corrected chi connectivity index (χ1v) is 20.3. The van der Waals surface area contributed by atoms with Crippen LogP contribution in [0.1, 0.15) is 31.4 Å². The minimum atomic E-state index is -1.22. The summed E-state index contributed by atoms with van der Waals surface area (Å²) in [7, 11) is 2.74. The number of benzene rings is 2. The van der Waals surface area contributed by atoms with Crippen molar-refractivity contribution in [2.75, 3.05) is 57.1 Å². The van der Waals surface area contributed by atoms with Gasteiger partial charge in [0.15, 0.2) is 5.25 Å². The average molecular weight is 955 g/mol. The van der Waals surface area contributed by atoms with Crippen molar-refractivity contribution >= 4 is 21.8 Å². The molecule has 2 fully saturated rings. The van der Waals surface area contributed by atoms with Crippen molar-refractivity contribution < 1.29 is 125 Å². The van der Waals surface area contributed by atoms with Crippen LogP contribution < -0.4 is 9.47 Å². The largest absolute Gasteiger partial charge is 0.497 e. The Morgan fingerprint density at radius 2 is 1.19 bits per heavy atom. The van der Waals surface area contributed by atoms with Crippen molar-refractivity contribution in [1.29, 1.82) is 0 Å². The maximum atomic E-state index is 10.7. The molecule has 4 rings (SSSR count). The van der Waals surface area contributed by atoms with Crippen molar-refractivity contribution in [2.45, 2.75) is 86.7 Å². The molecule has 306 valence electrons. The van der Waals surface area contributed by atoms with Crippen LogP contribution in [0.3, 0.4) is 0 Å². The van der Waals surface area contributed by atoms with Crippen molar-refractivity contribution in [3.63, 3.8) is 0 Å². The Morgan fingerprint density at radius 1 is 0.704 bits per heavy atom. The maximum absolute atomic E-state index is 10.7. The van der Waals surface area contributed by atoms with Crippen LogP contribution in [-0.4, -0.2) is 151 Å². The Bertz CT molecular complexity index is 1220. The predicted molar refractivity (Wildman–Crippen MR) is 208 cm³/mol. The molecule has 0 saturated carbocycles. The summed E-state index contributed by atoms with van der Waals surface area (Å²) < 4.78 is 22.3. The van der Waals surface area contributed by atoms with E-state index in [1.807, 2.05) is 48.5 Å². The zero-order valence-electron chi connectivity index (χ0n) is 32.6. The SMILES string of the molecule is CC[C@@H]1[C@@H](C)[C@H](OCc2ccc(OC)cc2)C[S+]1C[C@@H](O)[C@@H](O)COCc1ccc(OC)cc1.OC[C@@H]1[C@@H](O)[C@H](O)C[S+]1C[C@@H](O)[C@@H](O)CO.[CH3-].[CH3-].[Y].[Y]. The summed E-state index contributed by atoms with van der Waals surface area (Å²) in [5.74, 6) is 4.03. The fraction of sp³-hybridized carbons (Fsp3) is 0.632. The van der Waals surface area contributed by atoms with E-state index in [9.17, 15) is 30.6 Å². The molecule has 0 bridgehead atoms. The molecule has 2 aliphatic rings. The van der Waals surface area contributed by atoms with Crippen molar-refractivity contribution in [3.05, 3.63) is 74.5 Å². The second-order valence-corrected chi connectivity index (χ2v) is 17.5. The van der Waals surface area contributed by atoms with Crippen molar-refractivity contribution in [1.82, 2.24) is 0 Å². The van der Waals surface area contributed by atoms with E-state index in [4.69, 9.17) is 29.2 Å². The molecule has 0 spiro atoms. The number of aliphatic hydroxyl groups is 8. The number of methoxy groups -OCH3 is 2. The first-order valence-electron chi connectivity index (χ1n) is 17.0. The molecule has 2 aliphatic heterocycles. The van der Waals surface area contributed by atoms with E-state index in [0.717, 1.165) is 34.8 Å². The Labute approximate surface area is 379 Å². The van der Waals surface area contributed by atoms with Gasteiger partial charge in [-0.15, -0.1) is 0 Å². The Kier molecular flexibility index (Phi) is 31.2. The molecule has 2 unspecified atom stereocenters. The van der Waals surface area contributed by atoms with Crippen LogP contribution in [0.4, 0.5) is 0 Å². The van der Waals surface area contributed by atoms with Gasteiger partial charge in [-0.1, -0.05) is 38.1 Å². The topological polar surface area (TPSA) is 199 Å². The van der Waals surface area contributed by atoms with Gasteiger partial charge in [-0.3, -0.25) is 0 Å². The van der Waals surface area contributed by atoms with Crippen LogP contribution in [-0.2, 0) is 110 Å². The van der Waals surface area contributed by atoms with Gasteiger partial charge in [-0.25, -0.2) is 0 Å². The monoisotopic (exact) mass is 954 g/mol. The normalized spacial score (nSPS) is 26.6. The first-order chi connectivity index (χ1) is 23.9. The molecule has 2 radical (unpaired) electrons. The van der Waals surface area contributed by atoms with E-state index < -0.39 is 59.4 Å². The maximum Gasteiger partial charge on any atom is 0.169 e. The van der Waals surface area contributed by atoms with E-state index >= 15 is 0 Å². The second-order valence-electron chi connectivity index (χ2n) is 12.8. The minimum absolute atomic E-state index is 0. The molecule has 2 saturated heterocycles. The molecule has 16 heteroatoms. The van der Waals surface area contributed by atoms with Gasteiger partial charge in [0.1, 0.15) is 82.5 Å². The third-order valence-corrected chi connectivity index (χ3v) is 15.3. The summed E-state index contributed by atoms with van der Waals surface area (Å²) in [4.78, 5) is 0. The number of hydrogen-bond donors (Lipinski definition) is 8. The standard InChI is InChI=1S/C27H39O6S.C9H19O6S.2CH3.2Y/c1-5-27-19(2)26(33-15-21-8-12-23(31-4)13-9-21)18-34(27)17-25(29)24(28)16-32-14-20-6-10-22(30-3)11-7-20;10-1-5(12)6(13)3-16-4-7(14)9(15)8(16)2-11;;;;/h6-13,19,24-29H,5,14-18H2,1-4H3;5-15H,1-4H2;2*1H3;;/q2*+1;2*-1;;/t19-,24-,25+,26+,27+,34?;5-,6+,7+,8+,9-,16?;;;;/m00..../s1. The van der Waals surface area contributed by atoms with E-state index in [2.05, 4.69) is 13.8 Å². The summed E-state index contributed by atoms with van der Waals surface area (Å²) in [5.41, 5.74) is 2.12. The van der Waals surface area contributed by atoms with E-state index in [1.165, 1.54) is 0 Å². The van der Waals surface area contributed by atoms with Crippen LogP contribution in [0.5, 0.6) is 11.5 Å². The van der Waals surface area contributed by atoms with Gasteiger partial charge < -0.3 is 74.7 Å². The molecule has 12 nitrogen and oxygen atoms in total. The summed E-state index contributed by atoms with van der Waals surface area (Å²) in [6.45, 7) is 4.71.